The van der Waals surface area contributed by atoms with Gasteiger partial charge < -0.3 is 11.1 Å². The number of rotatable bonds is 3. The molecule has 1 amide bonds. The van der Waals surface area contributed by atoms with Gasteiger partial charge in [0.15, 0.2) is 0 Å². The van der Waals surface area contributed by atoms with Crippen LogP contribution >= 0.6 is 24.0 Å². The molecule has 1 aliphatic heterocycles. The SMILES string of the molecule is CC(C)(C(=O)NC1CCCSC1)C(N)=S. The van der Waals surface area contributed by atoms with Crippen molar-refractivity contribution in [1.29, 1.82) is 0 Å². The van der Waals surface area contributed by atoms with Crippen molar-refractivity contribution in [2.75, 3.05) is 11.5 Å². The van der Waals surface area contributed by atoms with Gasteiger partial charge in [-0.05, 0) is 32.4 Å². The van der Waals surface area contributed by atoms with E-state index in [0.717, 1.165) is 12.2 Å². The first-order valence-corrected chi connectivity index (χ1v) is 6.69. The van der Waals surface area contributed by atoms with Crippen molar-refractivity contribution >= 4 is 34.9 Å². The maximum Gasteiger partial charge on any atom is 0.232 e. The van der Waals surface area contributed by atoms with E-state index < -0.39 is 5.41 Å². The number of nitrogens with one attached hydrogen (secondary N) is 1. The van der Waals surface area contributed by atoms with Gasteiger partial charge in [-0.15, -0.1) is 0 Å². The van der Waals surface area contributed by atoms with Gasteiger partial charge in [0.1, 0.15) is 0 Å². The summed E-state index contributed by atoms with van der Waals surface area (Å²) in [5, 5.41) is 3.01. The smallest absolute Gasteiger partial charge is 0.232 e. The molecule has 0 aliphatic carbocycles. The van der Waals surface area contributed by atoms with E-state index >= 15 is 0 Å². The summed E-state index contributed by atoms with van der Waals surface area (Å²) in [5.41, 5.74) is 4.80. The molecule has 1 unspecified atom stereocenters. The van der Waals surface area contributed by atoms with Gasteiger partial charge in [-0.3, -0.25) is 4.79 Å². The predicted molar refractivity (Wildman–Crippen MR) is 69.1 cm³/mol. The van der Waals surface area contributed by atoms with Crippen LogP contribution in [0.25, 0.3) is 0 Å². The molecule has 0 bridgehead atoms. The maximum absolute atomic E-state index is 11.9. The van der Waals surface area contributed by atoms with Gasteiger partial charge in [0, 0.05) is 11.8 Å². The molecule has 0 spiro atoms. The zero-order valence-corrected chi connectivity index (χ0v) is 10.8. The topological polar surface area (TPSA) is 55.1 Å². The molecule has 1 saturated heterocycles. The van der Waals surface area contributed by atoms with Crippen molar-refractivity contribution in [3.8, 4) is 0 Å². The van der Waals surface area contributed by atoms with Gasteiger partial charge in [-0.25, -0.2) is 0 Å². The highest BCUT2D eigenvalue weighted by Crippen LogP contribution is 2.20. The Kier molecular flexibility index (Phi) is 4.40. The van der Waals surface area contributed by atoms with Crippen LogP contribution in [0.15, 0.2) is 0 Å². The third kappa shape index (κ3) is 3.34. The Morgan fingerprint density at radius 1 is 1.60 bits per heavy atom. The molecular weight excluding hydrogens is 228 g/mol. The standard InChI is InChI=1S/C10H18N2OS2/c1-10(2,8(11)14)9(13)12-7-4-3-5-15-6-7/h7H,3-6H2,1-2H3,(H2,11,14)(H,12,13). The summed E-state index contributed by atoms with van der Waals surface area (Å²) in [5.74, 6) is 2.15. The lowest BCUT2D eigenvalue weighted by Crippen LogP contribution is -2.49. The second kappa shape index (κ2) is 5.16. The number of carbonyl (C=O) groups excluding carboxylic acids is 1. The monoisotopic (exact) mass is 246 g/mol. The lowest BCUT2D eigenvalue weighted by atomic mass is 9.92. The van der Waals surface area contributed by atoms with Crippen LogP contribution in [0.4, 0.5) is 0 Å². The van der Waals surface area contributed by atoms with Crippen LogP contribution in [0.3, 0.4) is 0 Å². The fraction of sp³-hybridized carbons (Fsp3) is 0.800. The average Bonchev–Trinajstić information content (AvgIpc) is 2.18. The molecule has 0 aromatic heterocycles. The zero-order valence-electron chi connectivity index (χ0n) is 9.21. The number of nitrogens with two attached hydrogens (primary N) is 1. The normalized spacial score (nSPS) is 22.1. The zero-order chi connectivity index (χ0) is 11.5. The molecule has 1 atom stereocenters. The molecule has 0 radical (unpaired) electrons. The van der Waals surface area contributed by atoms with Crippen LogP contribution in [0.5, 0.6) is 0 Å². The molecule has 0 saturated carbocycles. The van der Waals surface area contributed by atoms with Crippen LogP contribution < -0.4 is 11.1 Å². The third-order valence-electron chi connectivity index (χ3n) is 2.68. The van der Waals surface area contributed by atoms with Crippen LogP contribution in [0.1, 0.15) is 26.7 Å². The minimum Gasteiger partial charge on any atom is -0.392 e. The van der Waals surface area contributed by atoms with Gasteiger partial charge in [0.05, 0.1) is 10.4 Å². The van der Waals surface area contributed by atoms with Crippen LogP contribution in [0.2, 0.25) is 0 Å². The van der Waals surface area contributed by atoms with Crippen molar-refractivity contribution in [3.63, 3.8) is 0 Å². The number of thioether (sulfide) groups is 1. The molecular formula is C10H18N2OS2. The third-order valence-corrected chi connectivity index (χ3v) is 4.40. The van der Waals surface area contributed by atoms with Crippen LogP contribution in [-0.4, -0.2) is 28.4 Å². The second-order valence-electron chi connectivity index (χ2n) is 4.38. The highest BCUT2D eigenvalue weighted by molar-refractivity contribution is 7.99. The van der Waals surface area contributed by atoms with Crippen molar-refractivity contribution < 1.29 is 4.79 Å². The molecule has 1 heterocycles. The second-order valence-corrected chi connectivity index (χ2v) is 5.97. The van der Waals surface area contributed by atoms with Crippen molar-refractivity contribution in [1.82, 2.24) is 5.32 Å². The number of hydrogen-bond acceptors (Lipinski definition) is 3. The van der Waals surface area contributed by atoms with E-state index in [4.69, 9.17) is 18.0 Å². The minimum absolute atomic E-state index is 0.0532. The Morgan fingerprint density at radius 3 is 2.73 bits per heavy atom. The summed E-state index contributed by atoms with van der Waals surface area (Å²) < 4.78 is 0. The maximum atomic E-state index is 11.9. The lowest BCUT2D eigenvalue weighted by Gasteiger charge is -2.28. The minimum atomic E-state index is -0.739. The largest absolute Gasteiger partial charge is 0.392 e. The molecule has 3 N–H and O–H groups in total. The van der Waals surface area contributed by atoms with E-state index in [1.165, 1.54) is 12.2 Å². The van der Waals surface area contributed by atoms with Gasteiger partial charge in [0.25, 0.3) is 0 Å². The van der Waals surface area contributed by atoms with Crippen molar-refractivity contribution in [3.05, 3.63) is 0 Å². The Balaban J connectivity index is 2.50. The fourth-order valence-corrected chi connectivity index (χ4v) is 2.50. The number of thiocarbonyl (C=S) groups is 1. The molecule has 15 heavy (non-hydrogen) atoms. The first kappa shape index (κ1) is 12.8. The fourth-order valence-electron chi connectivity index (χ4n) is 1.33. The number of carbonyl (C=O) groups is 1. The Hall–Kier alpha value is -0.290. The summed E-state index contributed by atoms with van der Waals surface area (Å²) in [4.78, 5) is 12.1. The van der Waals surface area contributed by atoms with E-state index in [0.29, 0.717) is 0 Å². The first-order valence-electron chi connectivity index (χ1n) is 5.13. The van der Waals surface area contributed by atoms with E-state index in [1.54, 1.807) is 13.8 Å². The highest BCUT2D eigenvalue weighted by Gasteiger charge is 2.32. The van der Waals surface area contributed by atoms with E-state index in [1.807, 2.05) is 11.8 Å². The summed E-state index contributed by atoms with van der Waals surface area (Å²) in [6.45, 7) is 3.53. The molecule has 3 nitrogen and oxygen atoms in total. The molecule has 1 rings (SSSR count). The summed E-state index contributed by atoms with van der Waals surface area (Å²) in [6.07, 6.45) is 2.23. The molecule has 0 aromatic carbocycles. The number of amides is 1. The Labute approximate surface area is 101 Å². The van der Waals surface area contributed by atoms with Crippen molar-refractivity contribution in [2.45, 2.75) is 32.7 Å². The Morgan fingerprint density at radius 2 is 2.27 bits per heavy atom. The molecule has 1 aliphatic rings. The van der Waals surface area contributed by atoms with Gasteiger partial charge in [0.2, 0.25) is 5.91 Å². The highest BCUT2D eigenvalue weighted by atomic mass is 32.2. The van der Waals surface area contributed by atoms with Gasteiger partial charge in [-0.2, -0.15) is 11.8 Å². The van der Waals surface area contributed by atoms with Gasteiger partial charge >= 0.3 is 0 Å². The Bertz CT molecular complexity index is 260. The summed E-state index contributed by atoms with van der Waals surface area (Å²) in [7, 11) is 0. The average molecular weight is 246 g/mol. The van der Waals surface area contributed by atoms with E-state index in [9.17, 15) is 4.79 Å². The van der Waals surface area contributed by atoms with Gasteiger partial charge in [-0.1, -0.05) is 12.2 Å². The molecule has 1 fully saturated rings. The number of hydrogen-bond donors (Lipinski definition) is 2. The molecule has 86 valence electrons. The van der Waals surface area contributed by atoms with Crippen LogP contribution in [0, 0.1) is 5.41 Å². The quantitative estimate of drug-likeness (QED) is 0.737. The van der Waals surface area contributed by atoms with E-state index in [-0.39, 0.29) is 16.9 Å². The first-order chi connectivity index (χ1) is 6.94. The van der Waals surface area contributed by atoms with Crippen LogP contribution in [-0.2, 0) is 4.79 Å². The summed E-state index contributed by atoms with van der Waals surface area (Å²) >= 11 is 6.77. The molecule has 5 heteroatoms. The van der Waals surface area contributed by atoms with E-state index in [2.05, 4.69) is 5.32 Å². The molecule has 0 aromatic rings. The summed E-state index contributed by atoms with van der Waals surface area (Å²) in [6, 6.07) is 0.282. The van der Waals surface area contributed by atoms with Crippen molar-refractivity contribution in [2.24, 2.45) is 11.1 Å². The predicted octanol–water partition coefficient (Wildman–Crippen LogP) is 1.31. The lowest BCUT2D eigenvalue weighted by molar-refractivity contribution is -0.126.